The van der Waals surface area contributed by atoms with Gasteiger partial charge < -0.3 is 14.2 Å². The number of hydrogen-bond acceptors (Lipinski definition) is 6. The Kier molecular flexibility index (Phi) is 65.2. The molecule has 0 fully saturated rings. The van der Waals surface area contributed by atoms with Gasteiger partial charge in [0.25, 0.3) is 0 Å². The molecule has 0 aliphatic rings. The molecule has 1 unspecified atom stereocenters. The Labute approximate surface area is 496 Å². The van der Waals surface area contributed by atoms with Crippen LogP contribution < -0.4 is 0 Å². The van der Waals surface area contributed by atoms with Crippen LogP contribution in [0, 0.1) is 0 Å². The van der Waals surface area contributed by atoms with Crippen molar-refractivity contribution in [2.45, 2.75) is 354 Å². The average Bonchev–Trinajstić information content (AvgIpc) is 3.46. The predicted octanol–water partition coefficient (Wildman–Crippen LogP) is 23.8. The lowest BCUT2D eigenvalue weighted by Crippen LogP contribution is -2.30. The van der Waals surface area contributed by atoms with Gasteiger partial charge in [0.1, 0.15) is 13.2 Å². The monoisotopic (exact) mass is 1110 g/mol. The highest BCUT2D eigenvalue weighted by atomic mass is 16.6. The van der Waals surface area contributed by atoms with Gasteiger partial charge in [0, 0.05) is 19.3 Å². The first-order valence-corrected chi connectivity index (χ1v) is 34.6. The van der Waals surface area contributed by atoms with Crippen molar-refractivity contribution in [1.29, 1.82) is 0 Å². The molecule has 0 aromatic heterocycles. The fourth-order valence-corrected chi connectivity index (χ4v) is 9.94. The van der Waals surface area contributed by atoms with Crippen LogP contribution in [0.2, 0.25) is 0 Å². The van der Waals surface area contributed by atoms with E-state index in [4.69, 9.17) is 14.2 Å². The van der Waals surface area contributed by atoms with E-state index in [0.29, 0.717) is 19.3 Å². The zero-order valence-electron chi connectivity index (χ0n) is 53.1. The van der Waals surface area contributed by atoms with E-state index in [1.807, 2.05) is 0 Å². The van der Waals surface area contributed by atoms with E-state index < -0.39 is 6.10 Å². The van der Waals surface area contributed by atoms with Crippen molar-refractivity contribution in [3.05, 3.63) is 85.1 Å². The fraction of sp³-hybridized carbons (Fsp3) is 0.770. The van der Waals surface area contributed by atoms with Crippen LogP contribution in [-0.4, -0.2) is 37.2 Å². The van der Waals surface area contributed by atoms with E-state index in [9.17, 15) is 14.4 Å². The largest absolute Gasteiger partial charge is 0.462 e. The van der Waals surface area contributed by atoms with Crippen LogP contribution in [0.25, 0.3) is 0 Å². The summed E-state index contributed by atoms with van der Waals surface area (Å²) in [7, 11) is 0. The summed E-state index contributed by atoms with van der Waals surface area (Å²) in [5.74, 6) is -0.887. The van der Waals surface area contributed by atoms with Crippen molar-refractivity contribution in [3.63, 3.8) is 0 Å². The molecule has 6 nitrogen and oxygen atoms in total. The number of carbonyl (C=O) groups excluding carboxylic acids is 3. The number of unbranched alkanes of at least 4 members (excludes halogenated alkanes) is 38. The minimum absolute atomic E-state index is 0.0803. The second-order valence-electron chi connectivity index (χ2n) is 23.1. The smallest absolute Gasteiger partial charge is 0.306 e. The maximum Gasteiger partial charge on any atom is 0.306 e. The quantitative estimate of drug-likeness (QED) is 0.0261. The summed E-state index contributed by atoms with van der Waals surface area (Å²) in [6, 6.07) is 0. The average molecular weight is 1120 g/mol. The minimum Gasteiger partial charge on any atom is -0.462 e. The molecule has 0 rings (SSSR count). The van der Waals surface area contributed by atoms with E-state index >= 15 is 0 Å². The Morgan fingerprint density at radius 3 is 0.825 bits per heavy atom. The van der Waals surface area contributed by atoms with Crippen LogP contribution in [0.5, 0.6) is 0 Å². The first-order chi connectivity index (χ1) is 39.5. The first-order valence-electron chi connectivity index (χ1n) is 34.6. The summed E-state index contributed by atoms with van der Waals surface area (Å²) < 4.78 is 16.9. The second-order valence-corrected chi connectivity index (χ2v) is 23.1. The van der Waals surface area contributed by atoms with Crippen molar-refractivity contribution in [2.75, 3.05) is 13.2 Å². The van der Waals surface area contributed by atoms with Crippen molar-refractivity contribution in [3.8, 4) is 0 Å². The highest BCUT2D eigenvalue weighted by Crippen LogP contribution is 2.17. The Hall–Kier alpha value is -3.41. The molecule has 462 valence electrons. The van der Waals surface area contributed by atoms with Crippen molar-refractivity contribution in [1.82, 2.24) is 0 Å². The summed E-state index contributed by atoms with van der Waals surface area (Å²) in [6.07, 6.45) is 90.5. The molecule has 0 aliphatic carbocycles. The SMILES string of the molecule is CC/C=C\C/C=C\C/C=C\C/C=C\CCCCCCCCCCCCCCCCCCCCCCC(=O)OCC(COC(=O)CCCCCCC/C=C\C/C=C\CCC)OC(=O)CCCCCCC/C=C\CCCCCCCCC. The molecule has 0 bridgehead atoms. The molecule has 0 heterocycles. The highest BCUT2D eigenvalue weighted by Gasteiger charge is 2.19. The van der Waals surface area contributed by atoms with Gasteiger partial charge in [-0.3, -0.25) is 14.4 Å². The Balaban J connectivity index is 4.14. The number of esters is 3. The predicted molar refractivity (Wildman–Crippen MR) is 348 cm³/mol. The van der Waals surface area contributed by atoms with Gasteiger partial charge in [0.05, 0.1) is 0 Å². The molecular formula is C74H130O6. The Morgan fingerprint density at radius 1 is 0.263 bits per heavy atom. The number of allylic oxidation sites excluding steroid dienone is 14. The lowest BCUT2D eigenvalue weighted by atomic mass is 10.0. The summed E-state index contributed by atoms with van der Waals surface area (Å²) in [5.41, 5.74) is 0. The summed E-state index contributed by atoms with van der Waals surface area (Å²) >= 11 is 0. The van der Waals surface area contributed by atoms with Crippen LogP contribution in [0.1, 0.15) is 348 Å². The molecular weight excluding hydrogens is 985 g/mol. The third-order valence-corrected chi connectivity index (χ3v) is 15.1. The number of rotatable bonds is 63. The highest BCUT2D eigenvalue weighted by molar-refractivity contribution is 5.71. The number of hydrogen-bond donors (Lipinski definition) is 0. The van der Waals surface area contributed by atoms with Crippen LogP contribution in [0.15, 0.2) is 85.1 Å². The Bertz CT molecular complexity index is 1520. The van der Waals surface area contributed by atoms with Gasteiger partial charge in [-0.15, -0.1) is 0 Å². The van der Waals surface area contributed by atoms with Gasteiger partial charge in [0.15, 0.2) is 6.10 Å². The minimum atomic E-state index is -0.785. The third kappa shape index (κ3) is 65.4. The lowest BCUT2D eigenvalue weighted by Gasteiger charge is -2.18. The molecule has 80 heavy (non-hydrogen) atoms. The van der Waals surface area contributed by atoms with Gasteiger partial charge in [-0.25, -0.2) is 0 Å². The van der Waals surface area contributed by atoms with Gasteiger partial charge >= 0.3 is 17.9 Å². The van der Waals surface area contributed by atoms with E-state index in [0.717, 1.165) is 122 Å². The van der Waals surface area contributed by atoms with E-state index in [1.165, 1.54) is 186 Å². The van der Waals surface area contributed by atoms with Gasteiger partial charge in [0.2, 0.25) is 0 Å². The standard InChI is InChI=1S/C74H130O6/c1-4-7-10-13-16-19-22-25-27-29-30-31-32-33-34-35-36-37-38-39-40-41-42-43-44-45-47-49-52-55-58-61-64-67-73(76)79-70-71(69-78-72(75)66-63-60-57-54-51-48-24-21-18-15-12-9-6-3)80-74(77)68-65-62-59-56-53-50-46-28-26-23-20-17-14-11-8-5-2/h7,10,12,15-16,19,21,24-25,27-28,30-31,46,71H,4-6,8-9,11,13-14,17-18,20,22-23,26,29,32-45,47-70H2,1-3H3/b10-7-,15-12-,19-16-,24-21-,27-25-,31-30-,46-28-. The van der Waals surface area contributed by atoms with Crippen molar-refractivity contribution in [2.24, 2.45) is 0 Å². The van der Waals surface area contributed by atoms with Crippen LogP contribution in [-0.2, 0) is 28.6 Å². The summed E-state index contributed by atoms with van der Waals surface area (Å²) in [6.45, 7) is 6.48. The van der Waals surface area contributed by atoms with Crippen molar-refractivity contribution >= 4 is 17.9 Å². The van der Waals surface area contributed by atoms with Crippen LogP contribution >= 0.6 is 0 Å². The van der Waals surface area contributed by atoms with Crippen LogP contribution in [0.4, 0.5) is 0 Å². The molecule has 0 amide bonds. The van der Waals surface area contributed by atoms with Gasteiger partial charge in [-0.05, 0) is 109 Å². The number of ether oxygens (including phenoxy) is 3. The van der Waals surface area contributed by atoms with Crippen LogP contribution in [0.3, 0.4) is 0 Å². The van der Waals surface area contributed by atoms with Gasteiger partial charge in [-0.2, -0.15) is 0 Å². The molecule has 0 saturated carbocycles. The Morgan fingerprint density at radius 2 is 0.512 bits per heavy atom. The molecule has 0 radical (unpaired) electrons. The first kappa shape index (κ1) is 76.6. The maximum absolute atomic E-state index is 12.9. The maximum atomic E-state index is 12.9. The third-order valence-electron chi connectivity index (χ3n) is 15.1. The van der Waals surface area contributed by atoms with Gasteiger partial charge in [-0.1, -0.05) is 305 Å². The summed E-state index contributed by atoms with van der Waals surface area (Å²) in [5, 5.41) is 0. The van der Waals surface area contributed by atoms with Crippen molar-refractivity contribution < 1.29 is 28.6 Å². The van der Waals surface area contributed by atoms with E-state index in [-0.39, 0.29) is 31.1 Å². The normalized spacial score (nSPS) is 12.6. The van der Waals surface area contributed by atoms with E-state index in [1.54, 1.807) is 0 Å². The lowest BCUT2D eigenvalue weighted by molar-refractivity contribution is -0.167. The topological polar surface area (TPSA) is 78.9 Å². The summed E-state index contributed by atoms with van der Waals surface area (Å²) in [4.78, 5) is 38.3. The zero-order valence-corrected chi connectivity index (χ0v) is 53.1. The second kappa shape index (κ2) is 68.1. The zero-order chi connectivity index (χ0) is 57.8. The molecule has 0 saturated heterocycles. The molecule has 6 heteroatoms. The molecule has 0 N–H and O–H groups in total. The fourth-order valence-electron chi connectivity index (χ4n) is 9.94. The van der Waals surface area contributed by atoms with E-state index in [2.05, 4.69) is 106 Å². The molecule has 0 aromatic carbocycles. The molecule has 0 aliphatic heterocycles. The molecule has 0 spiro atoms. The molecule has 0 aromatic rings. The molecule has 1 atom stereocenters. The number of carbonyl (C=O) groups is 3.